The first kappa shape index (κ1) is 20.0. The SMILES string of the molecule is OC(c1ccccc1)(c1ccc(-c2ccccc2)cc1)c1ccc(-c2ccccc2)cc1. The third kappa shape index (κ3) is 3.75. The van der Waals surface area contributed by atoms with Gasteiger partial charge in [-0.2, -0.15) is 0 Å². The summed E-state index contributed by atoms with van der Waals surface area (Å²) in [6.45, 7) is 0. The van der Waals surface area contributed by atoms with Crippen molar-refractivity contribution in [3.05, 3.63) is 156 Å². The molecule has 0 bridgehead atoms. The molecule has 5 aromatic carbocycles. The van der Waals surface area contributed by atoms with Crippen LogP contribution in [-0.4, -0.2) is 5.11 Å². The molecular formula is C31H24O. The molecule has 0 aliphatic rings. The molecule has 0 aliphatic heterocycles. The largest absolute Gasteiger partial charge is 0.376 e. The maximum absolute atomic E-state index is 12.1. The highest BCUT2D eigenvalue weighted by molar-refractivity contribution is 5.66. The average molecular weight is 413 g/mol. The molecule has 32 heavy (non-hydrogen) atoms. The molecule has 0 spiro atoms. The van der Waals surface area contributed by atoms with Crippen molar-refractivity contribution in [3.8, 4) is 22.3 Å². The Morgan fingerprint density at radius 1 is 0.312 bits per heavy atom. The summed E-state index contributed by atoms with van der Waals surface area (Å²) in [5, 5.41) is 12.1. The monoisotopic (exact) mass is 412 g/mol. The predicted octanol–water partition coefficient (Wildman–Crippen LogP) is 7.30. The van der Waals surface area contributed by atoms with Gasteiger partial charge in [0.2, 0.25) is 0 Å². The lowest BCUT2D eigenvalue weighted by Gasteiger charge is -2.30. The average Bonchev–Trinajstić information content (AvgIpc) is 2.90. The summed E-state index contributed by atoms with van der Waals surface area (Å²) in [5.74, 6) is 0. The van der Waals surface area contributed by atoms with E-state index < -0.39 is 5.60 Å². The lowest BCUT2D eigenvalue weighted by Crippen LogP contribution is -2.28. The van der Waals surface area contributed by atoms with Crippen LogP contribution in [0.4, 0.5) is 0 Å². The van der Waals surface area contributed by atoms with Crippen molar-refractivity contribution in [2.24, 2.45) is 0 Å². The van der Waals surface area contributed by atoms with E-state index in [-0.39, 0.29) is 0 Å². The molecule has 0 saturated carbocycles. The van der Waals surface area contributed by atoms with Crippen LogP contribution in [0.25, 0.3) is 22.3 Å². The molecule has 0 saturated heterocycles. The Balaban J connectivity index is 1.58. The third-order valence-electron chi connectivity index (χ3n) is 6.01. The lowest BCUT2D eigenvalue weighted by atomic mass is 9.79. The van der Waals surface area contributed by atoms with Crippen molar-refractivity contribution in [3.63, 3.8) is 0 Å². The minimum absolute atomic E-state index is 0.843. The molecule has 0 amide bonds. The Hall–Kier alpha value is -3.94. The summed E-state index contributed by atoms with van der Waals surface area (Å²) in [6, 6.07) is 46.9. The maximum atomic E-state index is 12.1. The first-order valence-electron chi connectivity index (χ1n) is 10.8. The van der Waals surface area contributed by atoms with E-state index in [1.54, 1.807) is 0 Å². The number of aliphatic hydroxyl groups is 1. The van der Waals surface area contributed by atoms with Crippen LogP contribution in [0.1, 0.15) is 16.7 Å². The van der Waals surface area contributed by atoms with E-state index in [1.807, 2.05) is 91.0 Å². The zero-order chi connectivity index (χ0) is 21.8. The van der Waals surface area contributed by atoms with Gasteiger partial charge in [-0.3, -0.25) is 0 Å². The van der Waals surface area contributed by atoms with Crippen molar-refractivity contribution >= 4 is 0 Å². The minimum Gasteiger partial charge on any atom is -0.376 e. The number of hydrogen-bond donors (Lipinski definition) is 1. The molecule has 0 atom stereocenters. The first-order chi connectivity index (χ1) is 15.7. The van der Waals surface area contributed by atoms with E-state index in [4.69, 9.17) is 0 Å². The molecule has 1 N–H and O–H groups in total. The van der Waals surface area contributed by atoms with Crippen LogP contribution < -0.4 is 0 Å². The van der Waals surface area contributed by atoms with Crippen LogP contribution in [0.3, 0.4) is 0 Å². The molecule has 5 aromatic rings. The Kier molecular flexibility index (Phi) is 5.41. The summed E-state index contributed by atoms with van der Waals surface area (Å²) in [4.78, 5) is 0. The van der Waals surface area contributed by atoms with E-state index in [2.05, 4.69) is 48.5 Å². The van der Waals surface area contributed by atoms with Gasteiger partial charge in [0.15, 0.2) is 0 Å². The molecule has 0 radical (unpaired) electrons. The highest BCUT2D eigenvalue weighted by Crippen LogP contribution is 2.38. The fraction of sp³-hybridized carbons (Fsp3) is 0.0323. The Labute approximate surface area is 189 Å². The van der Waals surface area contributed by atoms with Crippen LogP contribution in [0, 0.1) is 0 Å². The van der Waals surface area contributed by atoms with E-state index in [9.17, 15) is 5.11 Å². The molecule has 1 nitrogen and oxygen atoms in total. The summed E-state index contributed by atoms with van der Waals surface area (Å²) < 4.78 is 0. The highest BCUT2D eigenvalue weighted by atomic mass is 16.3. The number of rotatable bonds is 5. The van der Waals surface area contributed by atoms with E-state index >= 15 is 0 Å². The second-order valence-corrected chi connectivity index (χ2v) is 7.96. The standard InChI is InChI=1S/C31H24O/c32-31(28-14-8-3-9-15-28,29-20-16-26(17-21-29)24-10-4-1-5-11-24)30-22-18-27(19-23-30)25-12-6-2-7-13-25/h1-23,32H. The van der Waals surface area contributed by atoms with Gasteiger partial charge in [-0.25, -0.2) is 0 Å². The fourth-order valence-corrected chi connectivity index (χ4v) is 4.25. The van der Waals surface area contributed by atoms with Gasteiger partial charge in [0.1, 0.15) is 5.60 Å². The molecule has 1 heteroatoms. The Bertz CT molecular complexity index is 1190. The quantitative estimate of drug-likeness (QED) is 0.300. The fourth-order valence-electron chi connectivity index (χ4n) is 4.25. The maximum Gasteiger partial charge on any atom is 0.140 e. The van der Waals surface area contributed by atoms with Crippen molar-refractivity contribution < 1.29 is 5.11 Å². The minimum atomic E-state index is -1.24. The van der Waals surface area contributed by atoms with Crippen molar-refractivity contribution in [1.29, 1.82) is 0 Å². The van der Waals surface area contributed by atoms with Gasteiger partial charge in [0.05, 0.1) is 0 Å². The smallest absolute Gasteiger partial charge is 0.140 e. The van der Waals surface area contributed by atoms with E-state index in [1.165, 1.54) is 0 Å². The second kappa shape index (κ2) is 8.66. The molecule has 0 unspecified atom stereocenters. The second-order valence-electron chi connectivity index (χ2n) is 7.96. The van der Waals surface area contributed by atoms with E-state index in [0.717, 1.165) is 38.9 Å². The predicted molar refractivity (Wildman–Crippen MR) is 132 cm³/mol. The summed E-state index contributed by atoms with van der Waals surface area (Å²) in [6.07, 6.45) is 0. The van der Waals surface area contributed by atoms with Gasteiger partial charge in [0.25, 0.3) is 0 Å². The molecule has 0 aromatic heterocycles. The van der Waals surface area contributed by atoms with Crippen LogP contribution >= 0.6 is 0 Å². The first-order valence-corrected chi connectivity index (χ1v) is 10.8. The summed E-state index contributed by atoms with van der Waals surface area (Å²) >= 11 is 0. The molecule has 5 rings (SSSR count). The van der Waals surface area contributed by atoms with Gasteiger partial charge >= 0.3 is 0 Å². The zero-order valence-corrected chi connectivity index (χ0v) is 17.7. The topological polar surface area (TPSA) is 20.2 Å². The number of hydrogen-bond acceptors (Lipinski definition) is 1. The van der Waals surface area contributed by atoms with Gasteiger partial charge < -0.3 is 5.11 Å². The lowest BCUT2D eigenvalue weighted by molar-refractivity contribution is 0.126. The van der Waals surface area contributed by atoms with Crippen LogP contribution in [-0.2, 0) is 5.60 Å². The number of benzene rings is 5. The Morgan fingerprint density at radius 3 is 0.969 bits per heavy atom. The zero-order valence-electron chi connectivity index (χ0n) is 17.7. The van der Waals surface area contributed by atoms with Crippen molar-refractivity contribution in [2.45, 2.75) is 5.60 Å². The van der Waals surface area contributed by atoms with Gasteiger partial charge in [-0.1, -0.05) is 140 Å². The third-order valence-corrected chi connectivity index (χ3v) is 6.01. The van der Waals surface area contributed by atoms with E-state index in [0.29, 0.717) is 0 Å². The van der Waals surface area contributed by atoms with Gasteiger partial charge in [-0.15, -0.1) is 0 Å². The Morgan fingerprint density at radius 2 is 0.594 bits per heavy atom. The van der Waals surface area contributed by atoms with Crippen LogP contribution in [0.5, 0.6) is 0 Å². The van der Waals surface area contributed by atoms with Gasteiger partial charge in [-0.05, 0) is 38.9 Å². The molecular weight excluding hydrogens is 388 g/mol. The molecule has 154 valence electrons. The molecule has 0 heterocycles. The summed E-state index contributed by atoms with van der Waals surface area (Å²) in [7, 11) is 0. The van der Waals surface area contributed by atoms with Crippen molar-refractivity contribution in [2.75, 3.05) is 0 Å². The van der Waals surface area contributed by atoms with Crippen LogP contribution in [0.2, 0.25) is 0 Å². The summed E-state index contributed by atoms with van der Waals surface area (Å²) in [5.41, 5.74) is 5.87. The van der Waals surface area contributed by atoms with Gasteiger partial charge in [0, 0.05) is 0 Å². The normalized spacial score (nSPS) is 11.3. The molecule has 0 fully saturated rings. The molecule has 0 aliphatic carbocycles. The highest BCUT2D eigenvalue weighted by Gasteiger charge is 2.33. The van der Waals surface area contributed by atoms with Crippen LogP contribution in [0.15, 0.2) is 140 Å². The van der Waals surface area contributed by atoms with Crippen molar-refractivity contribution in [1.82, 2.24) is 0 Å².